The molecule has 2 aromatic rings. The number of rotatable bonds is 2. The van der Waals surface area contributed by atoms with Crippen molar-refractivity contribution in [1.29, 1.82) is 0 Å². The molecule has 0 aliphatic heterocycles. The maximum atomic E-state index is 9.59. The number of hydrogen-bond donors (Lipinski definition) is 1. The van der Waals surface area contributed by atoms with E-state index in [0.29, 0.717) is 6.04 Å². The predicted molar refractivity (Wildman–Crippen MR) is 70.1 cm³/mol. The standard InChI is InChI=1S/C15H19NO/c1-11(17)12-6-7-15-13(10-12)8-9-16(15)14-4-2-3-5-14/h6-11,14,17H,2-5H2,1H3. The van der Waals surface area contributed by atoms with Gasteiger partial charge in [0.15, 0.2) is 0 Å². The first kappa shape index (κ1) is 10.8. The Morgan fingerprint density at radius 2 is 2.00 bits per heavy atom. The van der Waals surface area contributed by atoms with Crippen molar-refractivity contribution in [3.05, 3.63) is 36.0 Å². The lowest BCUT2D eigenvalue weighted by Gasteiger charge is -2.13. The highest BCUT2D eigenvalue weighted by Crippen LogP contribution is 2.33. The Morgan fingerprint density at radius 1 is 1.24 bits per heavy atom. The van der Waals surface area contributed by atoms with E-state index >= 15 is 0 Å². The molecular weight excluding hydrogens is 210 g/mol. The Bertz CT molecular complexity index is 521. The van der Waals surface area contributed by atoms with E-state index in [-0.39, 0.29) is 6.10 Å². The summed E-state index contributed by atoms with van der Waals surface area (Å²) in [6, 6.07) is 9.14. The fourth-order valence-electron chi connectivity index (χ4n) is 2.94. The number of aromatic nitrogens is 1. The lowest BCUT2D eigenvalue weighted by atomic mass is 10.1. The molecule has 1 unspecified atom stereocenters. The van der Waals surface area contributed by atoms with E-state index in [1.54, 1.807) is 0 Å². The summed E-state index contributed by atoms with van der Waals surface area (Å²) in [4.78, 5) is 0. The number of aliphatic hydroxyl groups is 1. The molecule has 0 spiro atoms. The molecule has 0 radical (unpaired) electrons. The van der Waals surface area contributed by atoms with Gasteiger partial charge in [0, 0.05) is 17.8 Å². The van der Waals surface area contributed by atoms with Gasteiger partial charge in [0.2, 0.25) is 0 Å². The quantitative estimate of drug-likeness (QED) is 0.832. The van der Waals surface area contributed by atoms with Gasteiger partial charge in [-0.2, -0.15) is 0 Å². The summed E-state index contributed by atoms with van der Waals surface area (Å²) in [6.45, 7) is 1.81. The maximum absolute atomic E-state index is 9.59. The summed E-state index contributed by atoms with van der Waals surface area (Å²) in [6.07, 6.45) is 7.15. The van der Waals surface area contributed by atoms with Crippen LogP contribution < -0.4 is 0 Å². The van der Waals surface area contributed by atoms with Crippen LogP contribution in [0.5, 0.6) is 0 Å². The van der Waals surface area contributed by atoms with E-state index < -0.39 is 0 Å². The first-order chi connectivity index (χ1) is 8.25. The topological polar surface area (TPSA) is 25.2 Å². The first-order valence-corrected chi connectivity index (χ1v) is 6.54. The number of benzene rings is 1. The number of fused-ring (bicyclic) bond motifs is 1. The normalized spacial score (nSPS) is 18.9. The molecule has 0 amide bonds. The largest absolute Gasteiger partial charge is 0.389 e. The molecule has 90 valence electrons. The molecule has 1 atom stereocenters. The molecule has 0 saturated heterocycles. The minimum atomic E-state index is -0.380. The molecule has 1 N–H and O–H groups in total. The molecule has 2 heteroatoms. The van der Waals surface area contributed by atoms with Crippen molar-refractivity contribution in [3.63, 3.8) is 0 Å². The molecule has 1 heterocycles. The highest BCUT2D eigenvalue weighted by Gasteiger charge is 2.18. The van der Waals surface area contributed by atoms with Gasteiger partial charge < -0.3 is 9.67 Å². The van der Waals surface area contributed by atoms with Crippen LogP contribution in [0.4, 0.5) is 0 Å². The Labute approximate surface area is 102 Å². The van der Waals surface area contributed by atoms with Crippen LogP contribution in [0.1, 0.15) is 50.3 Å². The molecular formula is C15H19NO. The Balaban J connectivity index is 2.04. The van der Waals surface area contributed by atoms with E-state index in [9.17, 15) is 5.11 Å². The molecule has 1 fully saturated rings. The van der Waals surface area contributed by atoms with Crippen LogP contribution in [0.2, 0.25) is 0 Å². The zero-order valence-electron chi connectivity index (χ0n) is 10.3. The van der Waals surface area contributed by atoms with Crippen molar-refractivity contribution in [2.75, 3.05) is 0 Å². The van der Waals surface area contributed by atoms with Gasteiger partial charge >= 0.3 is 0 Å². The zero-order valence-corrected chi connectivity index (χ0v) is 10.3. The summed E-state index contributed by atoms with van der Waals surface area (Å²) in [5.74, 6) is 0. The second-order valence-electron chi connectivity index (χ2n) is 5.16. The fraction of sp³-hybridized carbons (Fsp3) is 0.467. The summed E-state index contributed by atoms with van der Waals surface area (Å²) in [7, 11) is 0. The fourth-order valence-corrected chi connectivity index (χ4v) is 2.94. The third-order valence-electron chi connectivity index (χ3n) is 3.94. The number of nitrogens with zero attached hydrogens (tertiary/aromatic N) is 1. The minimum Gasteiger partial charge on any atom is -0.389 e. The van der Waals surface area contributed by atoms with Crippen molar-refractivity contribution < 1.29 is 5.11 Å². The van der Waals surface area contributed by atoms with Crippen molar-refractivity contribution in [2.45, 2.75) is 44.8 Å². The van der Waals surface area contributed by atoms with Crippen LogP contribution in [0.15, 0.2) is 30.5 Å². The van der Waals surface area contributed by atoms with Gasteiger partial charge in [0.25, 0.3) is 0 Å². The lowest BCUT2D eigenvalue weighted by Crippen LogP contribution is -2.02. The summed E-state index contributed by atoms with van der Waals surface area (Å²) >= 11 is 0. The summed E-state index contributed by atoms with van der Waals surface area (Å²) < 4.78 is 2.41. The first-order valence-electron chi connectivity index (χ1n) is 6.54. The summed E-state index contributed by atoms with van der Waals surface area (Å²) in [5, 5.41) is 10.8. The van der Waals surface area contributed by atoms with Crippen LogP contribution >= 0.6 is 0 Å². The van der Waals surface area contributed by atoms with Crippen molar-refractivity contribution in [2.24, 2.45) is 0 Å². The maximum Gasteiger partial charge on any atom is 0.0762 e. The van der Waals surface area contributed by atoms with Gasteiger partial charge in [-0.05, 0) is 48.9 Å². The van der Waals surface area contributed by atoms with E-state index in [0.717, 1.165) is 5.56 Å². The zero-order chi connectivity index (χ0) is 11.8. The number of hydrogen-bond acceptors (Lipinski definition) is 1. The van der Waals surface area contributed by atoms with Gasteiger partial charge in [-0.25, -0.2) is 0 Å². The molecule has 1 saturated carbocycles. The molecule has 3 rings (SSSR count). The minimum absolute atomic E-state index is 0.380. The van der Waals surface area contributed by atoms with Crippen molar-refractivity contribution >= 4 is 10.9 Å². The molecule has 17 heavy (non-hydrogen) atoms. The average Bonchev–Trinajstić information content (AvgIpc) is 2.96. The second-order valence-corrected chi connectivity index (χ2v) is 5.16. The van der Waals surface area contributed by atoms with E-state index in [1.165, 1.54) is 36.6 Å². The third kappa shape index (κ3) is 1.87. The second kappa shape index (κ2) is 4.19. The van der Waals surface area contributed by atoms with Gasteiger partial charge in [-0.3, -0.25) is 0 Å². The smallest absolute Gasteiger partial charge is 0.0762 e. The van der Waals surface area contributed by atoms with Gasteiger partial charge in [-0.1, -0.05) is 18.9 Å². The van der Waals surface area contributed by atoms with Crippen molar-refractivity contribution in [3.8, 4) is 0 Å². The summed E-state index contributed by atoms with van der Waals surface area (Å²) in [5.41, 5.74) is 2.31. The molecule has 1 aromatic heterocycles. The molecule has 1 aliphatic carbocycles. The van der Waals surface area contributed by atoms with Crippen molar-refractivity contribution in [1.82, 2.24) is 4.57 Å². The highest BCUT2D eigenvalue weighted by molar-refractivity contribution is 5.81. The van der Waals surface area contributed by atoms with Crippen LogP contribution in [0.25, 0.3) is 10.9 Å². The van der Waals surface area contributed by atoms with Gasteiger partial charge in [-0.15, -0.1) is 0 Å². The highest BCUT2D eigenvalue weighted by atomic mass is 16.3. The number of aliphatic hydroxyl groups excluding tert-OH is 1. The monoisotopic (exact) mass is 229 g/mol. The van der Waals surface area contributed by atoms with Gasteiger partial charge in [0.1, 0.15) is 0 Å². The van der Waals surface area contributed by atoms with Crippen LogP contribution in [0, 0.1) is 0 Å². The predicted octanol–water partition coefficient (Wildman–Crippen LogP) is 3.81. The van der Waals surface area contributed by atoms with Crippen LogP contribution in [0.3, 0.4) is 0 Å². The third-order valence-corrected chi connectivity index (χ3v) is 3.94. The Kier molecular flexibility index (Phi) is 2.67. The van der Waals surface area contributed by atoms with E-state index in [1.807, 2.05) is 13.0 Å². The molecule has 1 aliphatic rings. The van der Waals surface area contributed by atoms with E-state index in [4.69, 9.17) is 0 Å². The average molecular weight is 229 g/mol. The van der Waals surface area contributed by atoms with Crippen LogP contribution in [-0.2, 0) is 0 Å². The molecule has 1 aromatic carbocycles. The molecule has 0 bridgehead atoms. The Hall–Kier alpha value is -1.28. The SMILES string of the molecule is CC(O)c1ccc2c(ccn2C2CCCC2)c1. The lowest BCUT2D eigenvalue weighted by molar-refractivity contribution is 0.199. The van der Waals surface area contributed by atoms with Gasteiger partial charge in [0.05, 0.1) is 6.10 Å². The molecule has 2 nitrogen and oxygen atoms in total. The Morgan fingerprint density at radius 3 is 2.71 bits per heavy atom. The van der Waals surface area contributed by atoms with E-state index in [2.05, 4.69) is 29.0 Å². The van der Waals surface area contributed by atoms with Crippen LogP contribution in [-0.4, -0.2) is 9.67 Å².